The number of amides is 2. The van der Waals surface area contributed by atoms with E-state index in [0.717, 1.165) is 5.56 Å². The van der Waals surface area contributed by atoms with Crippen LogP contribution in [0.5, 0.6) is 0 Å². The molecule has 0 aromatic heterocycles. The fraction of sp³-hybridized carbons (Fsp3) is 0.385. The zero-order chi connectivity index (χ0) is 13.5. The van der Waals surface area contributed by atoms with E-state index in [1.165, 1.54) is 0 Å². The van der Waals surface area contributed by atoms with Crippen molar-refractivity contribution in [2.45, 2.75) is 20.0 Å². The van der Waals surface area contributed by atoms with Crippen LogP contribution in [0.2, 0.25) is 0 Å². The lowest BCUT2D eigenvalue weighted by molar-refractivity contribution is -0.120. The topological polar surface area (TPSA) is 78.4 Å². The molecule has 0 saturated carbocycles. The van der Waals surface area contributed by atoms with Gasteiger partial charge >= 0.3 is 0 Å². The Balaban J connectivity index is 2.39. The van der Waals surface area contributed by atoms with Crippen LogP contribution < -0.4 is 10.6 Å². The van der Waals surface area contributed by atoms with Crippen LogP contribution >= 0.6 is 0 Å². The fourth-order valence-corrected chi connectivity index (χ4v) is 1.37. The summed E-state index contributed by atoms with van der Waals surface area (Å²) in [4.78, 5) is 23.0. The molecule has 0 aliphatic heterocycles. The van der Waals surface area contributed by atoms with Crippen LogP contribution in [0.3, 0.4) is 0 Å². The molecule has 1 atom stereocenters. The number of aliphatic hydroxyl groups is 1. The number of hydrogen-bond acceptors (Lipinski definition) is 3. The lowest BCUT2D eigenvalue weighted by Gasteiger charge is -2.08. The first-order chi connectivity index (χ1) is 8.49. The van der Waals surface area contributed by atoms with E-state index in [9.17, 15) is 9.59 Å². The second-order valence-corrected chi connectivity index (χ2v) is 4.21. The van der Waals surface area contributed by atoms with Crippen LogP contribution in [0.25, 0.3) is 0 Å². The van der Waals surface area contributed by atoms with Crippen molar-refractivity contribution in [3.05, 3.63) is 35.4 Å². The van der Waals surface area contributed by atoms with Crippen molar-refractivity contribution in [3.8, 4) is 0 Å². The standard InChI is InChI=1S/C13H18N2O3/c1-9-4-3-5-11(6-9)13(18)15-8-12(17)14-7-10(2)16/h3-6,10,16H,7-8H2,1-2H3,(H,14,17)(H,15,18)/t10-/m1/s1. The van der Waals surface area contributed by atoms with Gasteiger partial charge in [-0.3, -0.25) is 9.59 Å². The van der Waals surface area contributed by atoms with E-state index >= 15 is 0 Å². The number of aryl methyl sites for hydroxylation is 1. The summed E-state index contributed by atoms with van der Waals surface area (Å²) >= 11 is 0. The highest BCUT2D eigenvalue weighted by Gasteiger charge is 2.08. The highest BCUT2D eigenvalue weighted by Crippen LogP contribution is 2.03. The van der Waals surface area contributed by atoms with E-state index in [-0.39, 0.29) is 24.9 Å². The number of carbonyl (C=O) groups is 2. The monoisotopic (exact) mass is 250 g/mol. The summed E-state index contributed by atoms with van der Waals surface area (Å²) in [7, 11) is 0. The molecule has 0 aliphatic rings. The molecule has 1 rings (SSSR count). The van der Waals surface area contributed by atoms with Crippen LogP contribution in [0.15, 0.2) is 24.3 Å². The predicted octanol–water partition coefficient (Wildman–Crippen LogP) is 0.222. The Morgan fingerprint density at radius 3 is 2.67 bits per heavy atom. The van der Waals surface area contributed by atoms with E-state index < -0.39 is 6.10 Å². The van der Waals surface area contributed by atoms with Crippen LogP contribution in [-0.4, -0.2) is 36.1 Å². The van der Waals surface area contributed by atoms with E-state index in [1.807, 2.05) is 13.0 Å². The zero-order valence-electron chi connectivity index (χ0n) is 10.6. The molecule has 3 N–H and O–H groups in total. The zero-order valence-corrected chi connectivity index (χ0v) is 10.6. The maximum Gasteiger partial charge on any atom is 0.251 e. The quantitative estimate of drug-likeness (QED) is 0.699. The first kappa shape index (κ1) is 14.2. The summed E-state index contributed by atoms with van der Waals surface area (Å²) in [5.74, 6) is -0.609. The first-order valence-corrected chi connectivity index (χ1v) is 5.78. The summed E-state index contributed by atoms with van der Waals surface area (Å²) in [6.07, 6.45) is -0.596. The molecule has 0 saturated heterocycles. The Kier molecular flexibility index (Phi) is 5.32. The van der Waals surface area contributed by atoms with E-state index in [1.54, 1.807) is 25.1 Å². The summed E-state index contributed by atoms with van der Waals surface area (Å²) in [5.41, 5.74) is 1.51. The van der Waals surface area contributed by atoms with Gasteiger partial charge in [0.05, 0.1) is 12.6 Å². The molecule has 0 aliphatic carbocycles. The Morgan fingerprint density at radius 1 is 1.33 bits per heavy atom. The SMILES string of the molecule is Cc1cccc(C(=O)NCC(=O)NC[C@@H](C)O)c1. The summed E-state index contributed by atoms with van der Waals surface area (Å²) < 4.78 is 0. The Morgan fingerprint density at radius 2 is 2.06 bits per heavy atom. The van der Waals surface area contributed by atoms with Crippen molar-refractivity contribution in [3.63, 3.8) is 0 Å². The molecular weight excluding hydrogens is 232 g/mol. The third kappa shape index (κ3) is 4.97. The van der Waals surface area contributed by atoms with Gasteiger partial charge in [0, 0.05) is 12.1 Å². The number of aliphatic hydroxyl groups excluding tert-OH is 1. The van der Waals surface area contributed by atoms with E-state index in [0.29, 0.717) is 5.56 Å². The van der Waals surface area contributed by atoms with Gasteiger partial charge in [-0.2, -0.15) is 0 Å². The molecule has 5 heteroatoms. The van der Waals surface area contributed by atoms with Gasteiger partial charge in [0.15, 0.2) is 0 Å². The molecule has 0 fully saturated rings. The first-order valence-electron chi connectivity index (χ1n) is 5.78. The van der Waals surface area contributed by atoms with Crippen molar-refractivity contribution < 1.29 is 14.7 Å². The highest BCUT2D eigenvalue weighted by atomic mass is 16.3. The Bertz CT molecular complexity index is 430. The van der Waals surface area contributed by atoms with Crippen molar-refractivity contribution in [1.29, 1.82) is 0 Å². The lowest BCUT2D eigenvalue weighted by atomic mass is 10.1. The van der Waals surface area contributed by atoms with Crippen molar-refractivity contribution in [2.75, 3.05) is 13.1 Å². The molecule has 5 nitrogen and oxygen atoms in total. The van der Waals surface area contributed by atoms with Crippen LogP contribution in [0.4, 0.5) is 0 Å². The maximum absolute atomic E-state index is 11.7. The summed E-state index contributed by atoms with van der Waals surface area (Å²) in [5, 5.41) is 14.0. The van der Waals surface area contributed by atoms with Crippen LogP contribution in [0.1, 0.15) is 22.8 Å². The number of rotatable bonds is 5. The van der Waals surface area contributed by atoms with Gasteiger partial charge in [-0.25, -0.2) is 0 Å². The van der Waals surface area contributed by atoms with E-state index in [2.05, 4.69) is 10.6 Å². The van der Waals surface area contributed by atoms with Gasteiger partial charge in [0.25, 0.3) is 5.91 Å². The third-order valence-electron chi connectivity index (χ3n) is 2.28. The lowest BCUT2D eigenvalue weighted by Crippen LogP contribution is -2.39. The average Bonchev–Trinajstić information content (AvgIpc) is 2.33. The smallest absolute Gasteiger partial charge is 0.251 e. The van der Waals surface area contributed by atoms with Gasteiger partial charge in [0.1, 0.15) is 0 Å². The largest absolute Gasteiger partial charge is 0.392 e. The third-order valence-corrected chi connectivity index (χ3v) is 2.28. The maximum atomic E-state index is 11.7. The minimum absolute atomic E-state index is 0.0977. The Hall–Kier alpha value is -1.88. The minimum Gasteiger partial charge on any atom is -0.392 e. The van der Waals surface area contributed by atoms with Crippen molar-refractivity contribution in [1.82, 2.24) is 10.6 Å². The Labute approximate surface area is 106 Å². The molecule has 2 amide bonds. The van der Waals surface area contributed by atoms with Crippen molar-refractivity contribution in [2.24, 2.45) is 0 Å². The average molecular weight is 250 g/mol. The highest BCUT2D eigenvalue weighted by molar-refractivity contribution is 5.96. The second-order valence-electron chi connectivity index (χ2n) is 4.21. The number of carbonyl (C=O) groups excluding carboxylic acids is 2. The van der Waals surface area contributed by atoms with Gasteiger partial charge in [0.2, 0.25) is 5.91 Å². The number of benzene rings is 1. The number of hydrogen-bond donors (Lipinski definition) is 3. The van der Waals surface area contributed by atoms with Gasteiger partial charge < -0.3 is 15.7 Å². The van der Waals surface area contributed by atoms with E-state index in [4.69, 9.17) is 5.11 Å². The fourth-order valence-electron chi connectivity index (χ4n) is 1.37. The molecular formula is C13H18N2O3. The molecule has 0 spiro atoms. The summed E-state index contributed by atoms with van der Waals surface area (Å²) in [6.45, 7) is 3.55. The molecule has 98 valence electrons. The molecule has 1 aromatic rings. The molecule has 1 aromatic carbocycles. The van der Waals surface area contributed by atoms with Crippen molar-refractivity contribution >= 4 is 11.8 Å². The van der Waals surface area contributed by atoms with Gasteiger partial charge in [-0.1, -0.05) is 17.7 Å². The molecule has 18 heavy (non-hydrogen) atoms. The normalized spacial score (nSPS) is 11.7. The second kappa shape index (κ2) is 6.76. The van der Waals surface area contributed by atoms with Gasteiger partial charge in [-0.05, 0) is 26.0 Å². The molecule has 0 heterocycles. The van der Waals surface area contributed by atoms with Gasteiger partial charge in [-0.15, -0.1) is 0 Å². The molecule has 0 bridgehead atoms. The molecule has 0 unspecified atom stereocenters. The minimum atomic E-state index is -0.596. The molecule has 0 radical (unpaired) electrons. The predicted molar refractivity (Wildman–Crippen MR) is 68.2 cm³/mol. The number of nitrogens with one attached hydrogen (secondary N) is 2. The van der Waals surface area contributed by atoms with Crippen LogP contribution in [-0.2, 0) is 4.79 Å². The van der Waals surface area contributed by atoms with Crippen LogP contribution in [0, 0.1) is 6.92 Å². The summed E-state index contributed by atoms with van der Waals surface area (Å²) in [6, 6.07) is 7.13.